The van der Waals surface area contributed by atoms with Gasteiger partial charge >= 0.3 is 0 Å². The predicted octanol–water partition coefficient (Wildman–Crippen LogP) is 9.13. The van der Waals surface area contributed by atoms with E-state index in [9.17, 15) is 0 Å². The van der Waals surface area contributed by atoms with Crippen molar-refractivity contribution in [1.82, 2.24) is 0 Å². The first-order valence-corrected chi connectivity index (χ1v) is 11.2. The topological polar surface area (TPSA) is 12.0 Å². The maximum atomic E-state index is 3.51. The largest absolute Gasteiger partial charge is 0.356 e. The van der Waals surface area contributed by atoms with Gasteiger partial charge in [0.25, 0.3) is 0 Å². The Balaban J connectivity index is 1.48. The van der Waals surface area contributed by atoms with E-state index in [0.29, 0.717) is 0 Å². The lowest BCUT2D eigenvalue weighted by Crippen LogP contribution is -1.91. The first kappa shape index (κ1) is 21.4. The zero-order valence-electron chi connectivity index (χ0n) is 18.8. The van der Waals surface area contributed by atoms with Crippen molar-refractivity contribution in [3.05, 3.63) is 127 Å². The quantitative estimate of drug-likeness (QED) is 0.297. The van der Waals surface area contributed by atoms with Gasteiger partial charge in [0, 0.05) is 11.4 Å². The Bertz CT molecular complexity index is 1200. The number of benzene rings is 4. The second-order valence-electron chi connectivity index (χ2n) is 7.79. The maximum absolute atomic E-state index is 3.51. The summed E-state index contributed by atoms with van der Waals surface area (Å²) in [5.74, 6) is 0. The van der Waals surface area contributed by atoms with Gasteiger partial charge in [-0.2, -0.15) is 0 Å². The number of rotatable bonds is 7. The summed E-state index contributed by atoms with van der Waals surface area (Å²) in [6.45, 7) is 4.22. The van der Waals surface area contributed by atoms with Crippen LogP contribution < -0.4 is 5.32 Å². The highest BCUT2D eigenvalue weighted by molar-refractivity contribution is 5.76. The van der Waals surface area contributed by atoms with Gasteiger partial charge in [-0.1, -0.05) is 97.9 Å². The molecule has 0 spiro atoms. The minimum Gasteiger partial charge on any atom is -0.356 e. The lowest BCUT2D eigenvalue weighted by atomic mass is 9.99. The van der Waals surface area contributed by atoms with Gasteiger partial charge in [0.2, 0.25) is 0 Å². The van der Waals surface area contributed by atoms with Gasteiger partial charge in [-0.25, -0.2) is 0 Å². The van der Waals surface area contributed by atoms with Crippen LogP contribution in [0.4, 0.5) is 11.4 Å². The van der Waals surface area contributed by atoms with Crippen LogP contribution in [0.2, 0.25) is 0 Å². The molecule has 4 rings (SSSR count). The molecule has 0 saturated heterocycles. The zero-order chi connectivity index (χ0) is 22.2. The Kier molecular flexibility index (Phi) is 6.99. The monoisotopic (exact) mass is 415 g/mol. The molecule has 0 unspecified atom stereocenters. The van der Waals surface area contributed by atoms with E-state index in [0.717, 1.165) is 17.8 Å². The SMILES string of the molecule is CC=CC(=CCC)c1ccc(Nc2ccc(-c3cccc(-c4ccccc4)c3)cc2)cc1. The fourth-order valence-electron chi connectivity index (χ4n) is 3.85. The Hall–Kier alpha value is -3.84. The molecule has 1 heteroatoms. The highest BCUT2D eigenvalue weighted by Crippen LogP contribution is 2.28. The predicted molar refractivity (Wildman–Crippen MR) is 140 cm³/mol. The van der Waals surface area contributed by atoms with Crippen LogP contribution >= 0.6 is 0 Å². The summed E-state index contributed by atoms with van der Waals surface area (Å²) in [7, 11) is 0. The molecule has 0 radical (unpaired) electrons. The third-order valence-corrected chi connectivity index (χ3v) is 5.47. The van der Waals surface area contributed by atoms with Crippen molar-refractivity contribution >= 4 is 16.9 Å². The summed E-state index contributed by atoms with van der Waals surface area (Å²) in [6, 6.07) is 36.5. The van der Waals surface area contributed by atoms with Crippen molar-refractivity contribution in [2.75, 3.05) is 5.32 Å². The van der Waals surface area contributed by atoms with E-state index in [1.54, 1.807) is 0 Å². The van der Waals surface area contributed by atoms with Crippen LogP contribution in [-0.4, -0.2) is 0 Å². The molecular weight excluding hydrogens is 386 g/mol. The van der Waals surface area contributed by atoms with Gasteiger partial charge in [0.1, 0.15) is 0 Å². The second-order valence-corrected chi connectivity index (χ2v) is 7.79. The molecule has 1 N–H and O–H groups in total. The minimum atomic E-state index is 1.03. The lowest BCUT2D eigenvalue weighted by Gasteiger charge is -2.10. The lowest BCUT2D eigenvalue weighted by molar-refractivity contribution is 1.23. The van der Waals surface area contributed by atoms with Crippen molar-refractivity contribution in [2.24, 2.45) is 0 Å². The standard InChI is InChI=1S/C31H29N/c1-3-9-24(10-4-2)26-15-19-30(20-16-26)32-31-21-17-27(18-22-31)29-14-8-13-28(23-29)25-11-6-5-7-12-25/h3,5-23,32H,4H2,1-2H3. The second kappa shape index (κ2) is 10.5. The summed E-state index contributed by atoms with van der Waals surface area (Å²) in [4.78, 5) is 0. The Morgan fingerprint density at radius 1 is 0.656 bits per heavy atom. The Morgan fingerprint density at radius 2 is 1.22 bits per heavy atom. The molecule has 0 heterocycles. The molecule has 0 aliphatic heterocycles. The molecule has 0 saturated carbocycles. The third kappa shape index (κ3) is 5.25. The summed E-state index contributed by atoms with van der Waals surface area (Å²) < 4.78 is 0. The fraction of sp³-hybridized carbons (Fsp3) is 0.0968. The van der Waals surface area contributed by atoms with Gasteiger partial charge in [-0.3, -0.25) is 0 Å². The average Bonchev–Trinajstić information content (AvgIpc) is 2.86. The molecule has 0 aromatic heterocycles. The highest BCUT2D eigenvalue weighted by Gasteiger charge is 2.03. The van der Waals surface area contributed by atoms with Crippen LogP contribution in [0.1, 0.15) is 25.8 Å². The smallest absolute Gasteiger partial charge is 0.0384 e. The van der Waals surface area contributed by atoms with Crippen molar-refractivity contribution in [3.8, 4) is 22.3 Å². The first-order valence-electron chi connectivity index (χ1n) is 11.2. The first-order chi connectivity index (χ1) is 15.8. The molecule has 0 fully saturated rings. The van der Waals surface area contributed by atoms with Crippen LogP contribution in [-0.2, 0) is 0 Å². The summed E-state index contributed by atoms with van der Waals surface area (Å²) >= 11 is 0. The van der Waals surface area contributed by atoms with Crippen LogP contribution in [0.3, 0.4) is 0 Å². The van der Waals surface area contributed by atoms with E-state index in [4.69, 9.17) is 0 Å². The Morgan fingerprint density at radius 3 is 1.81 bits per heavy atom. The van der Waals surface area contributed by atoms with Crippen molar-refractivity contribution < 1.29 is 0 Å². The molecule has 0 aliphatic rings. The number of hydrogen-bond acceptors (Lipinski definition) is 1. The molecule has 158 valence electrons. The molecule has 32 heavy (non-hydrogen) atoms. The molecular formula is C31H29N. The number of nitrogens with one attached hydrogen (secondary N) is 1. The van der Waals surface area contributed by atoms with Gasteiger partial charge in [0.05, 0.1) is 0 Å². The van der Waals surface area contributed by atoms with E-state index >= 15 is 0 Å². The maximum Gasteiger partial charge on any atom is 0.0384 e. The van der Waals surface area contributed by atoms with Crippen molar-refractivity contribution in [1.29, 1.82) is 0 Å². The van der Waals surface area contributed by atoms with Gasteiger partial charge in [0.15, 0.2) is 0 Å². The van der Waals surface area contributed by atoms with E-state index in [1.165, 1.54) is 33.4 Å². The van der Waals surface area contributed by atoms with E-state index < -0.39 is 0 Å². The normalized spacial score (nSPS) is 11.6. The van der Waals surface area contributed by atoms with Crippen LogP contribution in [0.25, 0.3) is 27.8 Å². The van der Waals surface area contributed by atoms with Crippen molar-refractivity contribution in [2.45, 2.75) is 20.3 Å². The summed E-state index contributed by atoms with van der Waals surface area (Å²) in [5.41, 5.74) is 9.59. The number of hydrogen-bond donors (Lipinski definition) is 1. The molecule has 0 atom stereocenters. The molecule has 0 aliphatic carbocycles. The van der Waals surface area contributed by atoms with Gasteiger partial charge in [-0.15, -0.1) is 0 Å². The zero-order valence-corrected chi connectivity index (χ0v) is 18.8. The number of allylic oxidation sites excluding steroid dienone is 4. The molecule has 0 bridgehead atoms. The third-order valence-electron chi connectivity index (χ3n) is 5.47. The minimum absolute atomic E-state index is 1.03. The average molecular weight is 416 g/mol. The molecule has 4 aromatic rings. The van der Waals surface area contributed by atoms with Crippen molar-refractivity contribution in [3.63, 3.8) is 0 Å². The van der Waals surface area contributed by atoms with Gasteiger partial charge in [-0.05, 0) is 77.1 Å². The van der Waals surface area contributed by atoms with Crippen LogP contribution in [0.5, 0.6) is 0 Å². The summed E-state index contributed by atoms with van der Waals surface area (Å²) in [5, 5.41) is 3.51. The van der Waals surface area contributed by atoms with E-state index in [2.05, 4.69) is 141 Å². The highest BCUT2D eigenvalue weighted by atomic mass is 14.9. The van der Waals surface area contributed by atoms with Gasteiger partial charge < -0.3 is 5.32 Å². The van der Waals surface area contributed by atoms with Crippen LogP contribution in [0.15, 0.2) is 121 Å². The molecule has 1 nitrogen and oxygen atoms in total. The van der Waals surface area contributed by atoms with E-state index in [1.807, 2.05) is 0 Å². The molecule has 4 aromatic carbocycles. The van der Waals surface area contributed by atoms with Crippen LogP contribution in [0, 0.1) is 0 Å². The van der Waals surface area contributed by atoms with E-state index in [-0.39, 0.29) is 0 Å². The number of anilines is 2. The fourth-order valence-corrected chi connectivity index (χ4v) is 3.85. The Labute approximate surface area is 191 Å². The molecule has 0 amide bonds. The summed E-state index contributed by atoms with van der Waals surface area (Å²) in [6.07, 6.45) is 7.54.